The van der Waals surface area contributed by atoms with Crippen molar-refractivity contribution in [3.05, 3.63) is 137 Å². The molecule has 3 nitrogen and oxygen atoms in total. The van der Waals surface area contributed by atoms with Crippen LogP contribution in [0, 0.1) is 27.9 Å². The molecule has 4 aromatic rings. The number of rotatable bonds is 8. The van der Waals surface area contributed by atoms with Gasteiger partial charge in [-0.15, -0.1) is 0 Å². The van der Waals surface area contributed by atoms with Gasteiger partial charge < -0.3 is 0 Å². The fourth-order valence-corrected chi connectivity index (χ4v) is 12.5. The monoisotopic (exact) mass is 708 g/mol. The summed E-state index contributed by atoms with van der Waals surface area (Å²) in [7, 11) is -5.87. The maximum absolute atomic E-state index is 13.8. The molecule has 0 aliphatic rings. The molecule has 0 atom stereocenters. The van der Waals surface area contributed by atoms with Crippen LogP contribution in [0.3, 0.4) is 0 Å². The molecule has 0 saturated heterocycles. The molecule has 0 radical (unpaired) electrons. The third-order valence-electron chi connectivity index (χ3n) is 7.71. The van der Waals surface area contributed by atoms with Crippen LogP contribution in [-0.4, -0.2) is 13.9 Å². The Morgan fingerprint density at radius 1 is 0.619 bits per heavy atom. The molecule has 0 unspecified atom stereocenters. The van der Waals surface area contributed by atoms with Crippen molar-refractivity contribution in [1.29, 1.82) is 0 Å². The van der Waals surface area contributed by atoms with Gasteiger partial charge in [0.15, 0.2) is 0 Å². The summed E-state index contributed by atoms with van der Waals surface area (Å²) in [6, 6.07) is 29.3. The number of hydrogen-bond acceptors (Lipinski definition) is 3. The van der Waals surface area contributed by atoms with Crippen molar-refractivity contribution in [1.82, 2.24) is 0 Å². The van der Waals surface area contributed by atoms with Crippen LogP contribution in [-0.2, 0) is 23.5 Å². The van der Waals surface area contributed by atoms with Gasteiger partial charge in [0.05, 0.1) is 0 Å². The number of hydrogen-bond donors (Lipinski definition) is 0. The molecule has 224 valence electrons. The van der Waals surface area contributed by atoms with E-state index in [1.54, 1.807) is 13.8 Å². The molecule has 0 fully saturated rings. The average Bonchev–Trinajstić information content (AvgIpc) is 2.92. The zero-order valence-corrected chi connectivity index (χ0v) is 27.8. The third-order valence-corrected chi connectivity index (χ3v) is 15.5. The molecular formula is C34H36F3IO3S. The van der Waals surface area contributed by atoms with E-state index in [-0.39, 0.29) is 0 Å². The predicted molar refractivity (Wildman–Crippen MR) is 172 cm³/mol. The van der Waals surface area contributed by atoms with Crippen molar-refractivity contribution in [2.45, 2.75) is 64.8 Å². The number of aryl methyl sites for hydroxylation is 3. The van der Waals surface area contributed by atoms with Crippen LogP contribution in [0.1, 0.15) is 66.6 Å². The van der Waals surface area contributed by atoms with Gasteiger partial charge in [0, 0.05) is 0 Å². The molecule has 4 aromatic carbocycles. The first-order valence-corrected chi connectivity index (χ1v) is 18.0. The van der Waals surface area contributed by atoms with Crippen LogP contribution < -0.4 is 0 Å². The Hall–Kier alpha value is -2.69. The minimum absolute atomic E-state index is 0.489. The zero-order valence-electron chi connectivity index (χ0n) is 24.8. The Balaban J connectivity index is 2.06. The summed E-state index contributed by atoms with van der Waals surface area (Å²) >= 11 is -3.72. The summed E-state index contributed by atoms with van der Waals surface area (Å²) < 4.78 is 72.9. The summed E-state index contributed by atoms with van der Waals surface area (Å²) in [6.07, 6.45) is 0. The first-order valence-electron chi connectivity index (χ1n) is 13.5. The molecule has 0 heterocycles. The second-order valence-electron chi connectivity index (χ2n) is 11.6. The van der Waals surface area contributed by atoms with Gasteiger partial charge in [-0.25, -0.2) is 0 Å². The van der Waals surface area contributed by atoms with Gasteiger partial charge in [0.1, 0.15) is 0 Å². The fraction of sp³-hybridized carbons (Fsp3) is 0.294. The molecule has 0 aliphatic carbocycles. The van der Waals surface area contributed by atoms with Crippen molar-refractivity contribution < 1.29 is 24.1 Å². The second-order valence-corrected chi connectivity index (χ2v) is 18.0. The first kappa shape index (κ1) is 32.2. The van der Waals surface area contributed by atoms with Crippen LogP contribution in [0.15, 0.2) is 91.0 Å². The predicted octanol–water partition coefficient (Wildman–Crippen LogP) is 9.59. The van der Waals surface area contributed by atoms with E-state index in [2.05, 4.69) is 33.8 Å². The Morgan fingerprint density at radius 3 is 1.40 bits per heavy atom. The van der Waals surface area contributed by atoms with E-state index in [1.165, 1.54) is 0 Å². The van der Waals surface area contributed by atoms with E-state index in [4.69, 9.17) is 2.51 Å². The van der Waals surface area contributed by atoms with E-state index < -0.39 is 46.7 Å². The van der Waals surface area contributed by atoms with Gasteiger partial charge in [0.2, 0.25) is 0 Å². The van der Waals surface area contributed by atoms with Gasteiger partial charge in [-0.2, -0.15) is 0 Å². The summed E-state index contributed by atoms with van der Waals surface area (Å²) in [6.45, 7) is 13.8. The van der Waals surface area contributed by atoms with E-state index in [1.807, 2.05) is 91.9 Å². The molecule has 0 bridgehead atoms. The Labute approximate surface area is 255 Å². The van der Waals surface area contributed by atoms with Crippen molar-refractivity contribution in [2.75, 3.05) is 0 Å². The van der Waals surface area contributed by atoms with Crippen molar-refractivity contribution >= 4 is 30.4 Å². The normalized spacial score (nSPS) is 13.2. The number of halogens is 4. The van der Waals surface area contributed by atoms with Crippen LogP contribution in [0.2, 0.25) is 0 Å². The molecular weight excluding hydrogens is 672 g/mol. The second kappa shape index (κ2) is 11.8. The van der Waals surface area contributed by atoms with Crippen LogP contribution in [0.4, 0.5) is 13.2 Å². The summed E-state index contributed by atoms with van der Waals surface area (Å²) in [5.74, 6) is 0. The summed E-state index contributed by atoms with van der Waals surface area (Å²) in [5, 5.41) is 0. The molecule has 0 aromatic heterocycles. The van der Waals surface area contributed by atoms with Crippen LogP contribution >= 0.6 is 20.2 Å². The summed E-state index contributed by atoms with van der Waals surface area (Å²) in [5.41, 5.74) is -0.475. The molecule has 0 amide bonds. The fourth-order valence-electron chi connectivity index (χ4n) is 5.18. The molecule has 0 spiro atoms. The first-order chi connectivity index (χ1) is 19.4. The molecule has 42 heavy (non-hydrogen) atoms. The van der Waals surface area contributed by atoms with Crippen molar-refractivity contribution in [3.8, 4) is 0 Å². The minimum atomic E-state index is -5.87. The molecule has 4 rings (SSSR count). The summed E-state index contributed by atoms with van der Waals surface area (Å²) in [4.78, 5) is 0. The number of benzene rings is 4. The quantitative estimate of drug-likeness (QED) is 0.135. The Morgan fingerprint density at radius 2 is 1.02 bits per heavy atom. The Kier molecular flexibility index (Phi) is 9.03. The van der Waals surface area contributed by atoms with Crippen LogP contribution in [0.25, 0.3) is 0 Å². The topological polar surface area (TPSA) is 43.4 Å². The third kappa shape index (κ3) is 6.45. The zero-order chi connectivity index (χ0) is 31.1. The van der Waals surface area contributed by atoms with Gasteiger partial charge in [-0.1, -0.05) is 0 Å². The van der Waals surface area contributed by atoms with E-state index in [0.29, 0.717) is 18.3 Å². The number of alkyl halides is 3. The van der Waals surface area contributed by atoms with Gasteiger partial charge in [-0.3, -0.25) is 0 Å². The van der Waals surface area contributed by atoms with Gasteiger partial charge in [0.25, 0.3) is 0 Å². The van der Waals surface area contributed by atoms with Gasteiger partial charge in [-0.05, 0) is 0 Å². The molecule has 8 heteroatoms. The van der Waals surface area contributed by atoms with Gasteiger partial charge >= 0.3 is 256 Å². The standard InChI is InChI=1S/C34H36F3IO3S/c1-23-18-24(2)31(25(3)19-23)38(41-42(39,40)34(35,36)37)30-21-28(32(4,5)26-14-10-8-11-15-26)20-29(22-30)33(6,7)27-16-12-9-13-17-27/h8-22H,1-7H3. The van der Waals surface area contributed by atoms with Crippen molar-refractivity contribution in [2.24, 2.45) is 0 Å². The van der Waals surface area contributed by atoms with Crippen LogP contribution in [0.5, 0.6) is 0 Å². The Bertz CT molecular complexity index is 1590. The maximum atomic E-state index is 13.8. The molecule has 0 saturated carbocycles. The SMILES string of the molecule is Cc1cc(C)c(I(OS(=O)(=O)C(F)(F)F)c2cc(C(C)(C)c3ccccc3)cc(C(C)(C)c3ccccc3)c2)c(C)c1. The average molecular weight is 709 g/mol. The molecule has 0 N–H and O–H groups in total. The van der Waals surface area contributed by atoms with E-state index in [9.17, 15) is 21.6 Å². The van der Waals surface area contributed by atoms with Crippen molar-refractivity contribution in [3.63, 3.8) is 0 Å². The van der Waals surface area contributed by atoms with E-state index in [0.717, 1.165) is 27.8 Å². The molecule has 0 aliphatic heterocycles. The van der Waals surface area contributed by atoms with E-state index >= 15 is 0 Å².